The Hall–Kier alpha value is -0.610. The monoisotopic (exact) mass is 240 g/mol. The van der Waals surface area contributed by atoms with Crippen LogP contribution in [0.5, 0.6) is 0 Å². The lowest BCUT2D eigenvalue weighted by atomic mass is 9.84. The van der Waals surface area contributed by atoms with Gasteiger partial charge < -0.3 is 15.8 Å². The van der Waals surface area contributed by atoms with Gasteiger partial charge in [0.2, 0.25) is 5.91 Å². The van der Waals surface area contributed by atoms with Crippen LogP contribution in [0.3, 0.4) is 0 Å². The first-order valence-electron chi connectivity index (χ1n) is 6.78. The van der Waals surface area contributed by atoms with E-state index in [9.17, 15) is 4.79 Å². The van der Waals surface area contributed by atoms with Crippen LogP contribution in [0.4, 0.5) is 0 Å². The van der Waals surface area contributed by atoms with Gasteiger partial charge in [0.1, 0.15) is 0 Å². The maximum absolute atomic E-state index is 12.1. The van der Waals surface area contributed by atoms with Crippen LogP contribution in [-0.2, 0) is 9.53 Å². The van der Waals surface area contributed by atoms with Crippen LogP contribution >= 0.6 is 0 Å². The highest BCUT2D eigenvalue weighted by Gasteiger charge is 2.42. The van der Waals surface area contributed by atoms with Crippen molar-refractivity contribution in [2.45, 2.75) is 57.6 Å². The Balaban J connectivity index is 1.73. The average Bonchev–Trinajstić information content (AvgIpc) is 2.91. The Bertz CT molecular complexity index is 277. The molecule has 1 aliphatic heterocycles. The minimum atomic E-state index is -0.351. The van der Waals surface area contributed by atoms with Gasteiger partial charge in [0.15, 0.2) is 0 Å². The lowest BCUT2D eigenvalue weighted by Gasteiger charge is -2.27. The molecule has 0 aromatic carbocycles. The molecule has 17 heavy (non-hydrogen) atoms. The molecule has 3 N–H and O–H groups in total. The van der Waals surface area contributed by atoms with Gasteiger partial charge in [-0.3, -0.25) is 4.79 Å². The highest BCUT2D eigenvalue weighted by molar-refractivity contribution is 5.83. The van der Waals surface area contributed by atoms with Crippen molar-refractivity contribution < 1.29 is 9.53 Å². The molecule has 3 atom stereocenters. The first-order valence-corrected chi connectivity index (χ1v) is 6.78. The summed E-state index contributed by atoms with van der Waals surface area (Å²) in [6.45, 7) is 3.58. The molecule has 0 radical (unpaired) electrons. The van der Waals surface area contributed by atoms with Crippen LogP contribution < -0.4 is 11.1 Å². The maximum Gasteiger partial charge on any atom is 0.227 e. The maximum atomic E-state index is 12.1. The molecule has 1 saturated heterocycles. The number of hydrogen-bond donors (Lipinski definition) is 2. The van der Waals surface area contributed by atoms with Crippen molar-refractivity contribution in [3.8, 4) is 0 Å². The first-order chi connectivity index (χ1) is 8.13. The van der Waals surface area contributed by atoms with Gasteiger partial charge in [0, 0.05) is 19.2 Å². The Morgan fingerprint density at radius 2 is 2.29 bits per heavy atom. The van der Waals surface area contributed by atoms with Gasteiger partial charge in [0.05, 0.1) is 11.5 Å². The van der Waals surface area contributed by atoms with Crippen molar-refractivity contribution in [1.29, 1.82) is 0 Å². The third-order valence-corrected chi connectivity index (χ3v) is 4.32. The summed E-state index contributed by atoms with van der Waals surface area (Å²) in [7, 11) is 0. The molecule has 2 fully saturated rings. The van der Waals surface area contributed by atoms with Crippen molar-refractivity contribution in [3.05, 3.63) is 0 Å². The number of carbonyl (C=O) groups is 1. The molecule has 1 saturated carbocycles. The molecule has 98 valence electrons. The Morgan fingerprint density at radius 3 is 2.88 bits per heavy atom. The van der Waals surface area contributed by atoms with Crippen molar-refractivity contribution in [3.63, 3.8) is 0 Å². The van der Waals surface area contributed by atoms with E-state index in [1.165, 1.54) is 0 Å². The molecule has 0 aromatic heterocycles. The van der Waals surface area contributed by atoms with Crippen LogP contribution in [0.2, 0.25) is 0 Å². The number of rotatable bonds is 4. The highest BCUT2D eigenvalue weighted by atomic mass is 16.5. The van der Waals surface area contributed by atoms with Gasteiger partial charge in [-0.2, -0.15) is 0 Å². The summed E-state index contributed by atoms with van der Waals surface area (Å²) in [5, 5.41) is 3.02. The molecule has 1 amide bonds. The molecule has 0 bridgehead atoms. The molecule has 1 heterocycles. The van der Waals surface area contributed by atoms with E-state index in [2.05, 4.69) is 5.32 Å². The van der Waals surface area contributed by atoms with Crippen molar-refractivity contribution >= 4 is 5.91 Å². The van der Waals surface area contributed by atoms with Crippen LogP contribution in [0, 0.1) is 5.41 Å². The Morgan fingerprint density at radius 1 is 1.47 bits per heavy atom. The summed E-state index contributed by atoms with van der Waals surface area (Å²) in [4.78, 5) is 12.1. The number of carbonyl (C=O) groups excluding carboxylic acids is 1. The molecule has 4 nitrogen and oxygen atoms in total. The summed E-state index contributed by atoms with van der Waals surface area (Å²) in [6, 6.07) is 0.0187. The van der Waals surface area contributed by atoms with E-state index in [0.29, 0.717) is 12.6 Å². The third-order valence-electron chi connectivity index (χ3n) is 4.32. The van der Waals surface area contributed by atoms with Gasteiger partial charge in [-0.15, -0.1) is 0 Å². The van der Waals surface area contributed by atoms with Crippen LogP contribution in [0.1, 0.15) is 45.4 Å². The summed E-state index contributed by atoms with van der Waals surface area (Å²) in [6.07, 6.45) is 6.51. The molecule has 0 aromatic rings. The quantitative estimate of drug-likeness (QED) is 0.776. The molecule has 4 heteroatoms. The van der Waals surface area contributed by atoms with E-state index in [0.717, 1.165) is 45.1 Å². The first kappa shape index (κ1) is 12.8. The molecular weight excluding hydrogens is 216 g/mol. The standard InChI is InChI=1S/C13H24N2O2/c1-13(7-2-5-11(13)14)12(16)15-8-6-10-4-3-9-17-10/h10-11H,2-9,14H2,1H3,(H,15,16). The van der Waals surface area contributed by atoms with Gasteiger partial charge in [-0.05, 0) is 39.0 Å². The van der Waals surface area contributed by atoms with Gasteiger partial charge >= 0.3 is 0 Å². The van der Waals surface area contributed by atoms with Crippen LogP contribution in [0.25, 0.3) is 0 Å². The zero-order valence-corrected chi connectivity index (χ0v) is 10.7. The minimum absolute atomic E-state index is 0.0187. The average molecular weight is 240 g/mol. The van der Waals surface area contributed by atoms with Crippen LogP contribution in [0.15, 0.2) is 0 Å². The Kier molecular flexibility index (Phi) is 4.05. The lowest BCUT2D eigenvalue weighted by Crippen LogP contribution is -2.47. The van der Waals surface area contributed by atoms with Crippen molar-refractivity contribution in [2.75, 3.05) is 13.2 Å². The van der Waals surface area contributed by atoms with E-state index in [-0.39, 0.29) is 17.4 Å². The summed E-state index contributed by atoms with van der Waals surface area (Å²) >= 11 is 0. The second-order valence-corrected chi connectivity index (χ2v) is 5.60. The summed E-state index contributed by atoms with van der Waals surface area (Å²) < 4.78 is 5.53. The molecule has 2 rings (SSSR count). The zero-order chi connectivity index (χ0) is 12.3. The van der Waals surface area contributed by atoms with Gasteiger partial charge in [-0.1, -0.05) is 6.42 Å². The summed E-state index contributed by atoms with van der Waals surface area (Å²) in [5.74, 6) is 0.125. The fourth-order valence-electron chi connectivity index (χ4n) is 2.90. The van der Waals surface area contributed by atoms with E-state index < -0.39 is 0 Å². The zero-order valence-electron chi connectivity index (χ0n) is 10.7. The van der Waals surface area contributed by atoms with E-state index in [1.54, 1.807) is 0 Å². The van der Waals surface area contributed by atoms with Crippen LogP contribution in [-0.4, -0.2) is 31.2 Å². The van der Waals surface area contributed by atoms with Gasteiger partial charge in [-0.25, -0.2) is 0 Å². The minimum Gasteiger partial charge on any atom is -0.378 e. The normalized spacial score (nSPS) is 37.3. The molecule has 0 spiro atoms. The lowest BCUT2D eigenvalue weighted by molar-refractivity contribution is -0.130. The smallest absolute Gasteiger partial charge is 0.227 e. The number of hydrogen-bond acceptors (Lipinski definition) is 3. The van der Waals surface area contributed by atoms with Crippen molar-refractivity contribution in [2.24, 2.45) is 11.1 Å². The van der Waals surface area contributed by atoms with E-state index >= 15 is 0 Å². The van der Waals surface area contributed by atoms with E-state index in [4.69, 9.17) is 10.5 Å². The summed E-state index contributed by atoms with van der Waals surface area (Å²) in [5.41, 5.74) is 5.67. The number of ether oxygens (including phenoxy) is 1. The second kappa shape index (κ2) is 5.36. The number of nitrogens with one attached hydrogen (secondary N) is 1. The van der Waals surface area contributed by atoms with Crippen molar-refractivity contribution in [1.82, 2.24) is 5.32 Å². The predicted octanol–water partition coefficient (Wildman–Crippen LogP) is 1.19. The molecule has 1 aliphatic carbocycles. The molecular formula is C13H24N2O2. The third kappa shape index (κ3) is 2.80. The number of nitrogens with two attached hydrogens (primary N) is 1. The second-order valence-electron chi connectivity index (χ2n) is 5.60. The Labute approximate surface area is 103 Å². The fourth-order valence-corrected chi connectivity index (χ4v) is 2.90. The SMILES string of the molecule is CC1(C(=O)NCCC2CCCO2)CCCC1N. The topological polar surface area (TPSA) is 64.3 Å². The highest BCUT2D eigenvalue weighted by Crippen LogP contribution is 2.36. The number of amides is 1. The molecule has 2 aliphatic rings. The van der Waals surface area contributed by atoms with Gasteiger partial charge in [0.25, 0.3) is 0 Å². The molecule has 3 unspecified atom stereocenters. The predicted molar refractivity (Wildman–Crippen MR) is 66.5 cm³/mol. The van der Waals surface area contributed by atoms with E-state index in [1.807, 2.05) is 6.92 Å². The fraction of sp³-hybridized carbons (Fsp3) is 0.923. The largest absolute Gasteiger partial charge is 0.378 e.